The van der Waals surface area contributed by atoms with E-state index in [-0.39, 0.29) is 11.9 Å². The Labute approximate surface area is 135 Å². The third-order valence-corrected chi connectivity index (χ3v) is 4.13. The largest absolute Gasteiger partial charge is 0.310 e. The number of rotatable bonds is 5. The number of halogens is 3. The highest BCUT2D eigenvalue weighted by Gasteiger charge is 2.18. The molecule has 0 aliphatic rings. The summed E-state index contributed by atoms with van der Waals surface area (Å²) in [7, 11) is 0. The van der Waals surface area contributed by atoms with Crippen molar-refractivity contribution in [2.75, 3.05) is 6.54 Å². The molecule has 0 fully saturated rings. The molecule has 0 amide bonds. The number of benzene rings is 2. The molecule has 2 aromatic carbocycles. The summed E-state index contributed by atoms with van der Waals surface area (Å²) in [5.41, 5.74) is 2.73. The van der Waals surface area contributed by atoms with Gasteiger partial charge in [0.1, 0.15) is 5.82 Å². The smallest absolute Gasteiger partial charge is 0.127 e. The Bertz CT molecular complexity index is 608. The fourth-order valence-electron chi connectivity index (χ4n) is 2.46. The van der Waals surface area contributed by atoms with Crippen molar-refractivity contribution in [3.8, 4) is 0 Å². The predicted octanol–water partition coefficient (Wildman–Crippen LogP) is 5.33. The zero-order valence-electron chi connectivity index (χ0n) is 12.1. The summed E-state index contributed by atoms with van der Waals surface area (Å²) in [6.45, 7) is 4.83. The molecule has 2 aromatic rings. The van der Waals surface area contributed by atoms with Gasteiger partial charge in [-0.25, -0.2) is 4.39 Å². The molecule has 0 aliphatic heterocycles. The van der Waals surface area contributed by atoms with Crippen LogP contribution in [-0.2, 0) is 6.42 Å². The monoisotopic (exact) mass is 325 g/mol. The molecular formula is C17H18Cl2FN. The van der Waals surface area contributed by atoms with Crippen LogP contribution in [0.1, 0.15) is 29.7 Å². The number of hydrogen-bond donors (Lipinski definition) is 1. The minimum Gasteiger partial charge on any atom is -0.310 e. The van der Waals surface area contributed by atoms with Crippen molar-refractivity contribution in [1.29, 1.82) is 0 Å². The standard InChI is InChI=1S/C17H18Cl2FN/c1-3-21-17(13-9-12(18)8-7-11(13)2)10-14-15(19)5-4-6-16(14)20/h4-9,17,21H,3,10H2,1-2H3. The molecule has 0 radical (unpaired) electrons. The Morgan fingerprint density at radius 1 is 1.19 bits per heavy atom. The third-order valence-electron chi connectivity index (χ3n) is 3.54. The minimum atomic E-state index is -0.273. The van der Waals surface area contributed by atoms with E-state index in [1.807, 2.05) is 32.0 Å². The molecule has 112 valence electrons. The minimum absolute atomic E-state index is 0.0249. The lowest BCUT2D eigenvalue weighted by molar-refractivity contribution is 0.526. The van der Waals surface area contributed by atoms with Gasteiger partial charge in [-0.1, -0.05) is 42.3 Å². The van der Waals surface area contributed by atoms with Crippen LogP contribution in [0.15, 0.2) is 36.4 Å². The second-order valence-electron chi connectivity index (χ2n) is 5.02. The second kappa shape index (κ2) is 7.26. The van der Waals surface area contributed by atoms with E-state index >= 15 is 0 Å². The Morgan fingerprint density at radius 3 is 2.62 bits per heavy atom. The van der Waals surface area contributed by atoms with E-state index in [1.165, 1.54) is 6.07 Å². The van der Waals surface area contributed by atoms with Crippen LogP contribution in [0.25, 0.3) is 0 Å². The molecule has 4 heteroatoms. The van der Waals surface area contributed by atoms with E-state index in [9.17, 15) is 4.39 Å². The van der Waals surface area contributed by atoms with Crippen molar-refractivity contribution in [2.45, 2.75) is 26.3 Å². The lowest BCUT2D eigenvalue weighted by atomic mass is 9.95. The average Bonchev–Trinajstić information content (AvgIpc) is 2.44. The van der Waals surface area contributed by atoms with E-state index in [2.05, 4.69) is 5.32 Å². The Kier molecular flexibility index (Phi) is 5.63. The van der Waals surface area contributed by atoms with Gasteiger partial charge >= 0.3 is 0 Å². The maximum Gasteiger partial charge on any atom is 0.127 e. The van der Waals surface area contributed by atoms with Crippen LogP contribution < -0.4 is 5.32 Å². The lowest BCUT2D eigenvalue weighted by Crippen LogP contribution is -2.24. The molecular weight excluding hydrogens is 308 g/mol. The van der Waals surface area contributed by atoms with Gasteiger partial charge in [0.25, 0.3) is 0 Å². The molecule has 1 nitrogen and oxygen atoms in total. The normalized spacial score (nSPS) is 12.4. The summed E-state index contributed by atoms with van der Waals surface area (Å²) in [5.74, 6) is -0.273. The van der Waals surface area contributed by atoms with Gasteiger partial charge in [0.05, 0.1) is 0 Å². The first-order valence-electron chi connectivity index (χ1n) is 6.95. The summed E-state index contributed by atoms with van der Waals surface area (Å²) in [6, 6.07) is 10.5. The maximum atomic E-state index is 14.0. The molecule has 0 aromatic heterocycles. The van der Waals surface area contributed by atoms with Crippen molar-refractivity contribution in [3.05, 3.63) is 69.0 Å². The Hall–Kier alpha value is -1.09. The molecule has 1 atom stereocenters. The van der Waals surface area contributed by atoms with Gasteiger partial charge in [-0.15, -0.1) is 0 Å². The van der Waals surface area contributed by atoms with E-state index in [4.69, 9.17) is 23.2 Å². The highest BCUT2D eigenvalue weighted by Crippen LogP contribution is 2.28. The van der Waals surface area contributed by atoms with E-state index in [0.717, 1.165) is 17.7 Å². The first-order valence-corrected chi connectivity index (χ1v) is 7.70. The summed E-state index contributed by atoms with van der Waals surface area (Å²) in [4.78, 5) is 0. The van der Waals surface area contributed by atoms with Gasteiger partial charge < -0.3 is 5.32 Å². The molecule has 1 N–H and O–H groups in total. The van der Waals surface area contributed by atoms with Crippen molar-refractivity contribution < 1.29 is 4.39 Å². The van der Waals surface area contributed by atoms with Crippen molar-refractivity contribution in [2.24, 2.45) is 0 Å². The van der Waals surface area contributed by atoms with E-state index < -0.39 is 0 Å². The van der Waals surface area contributed by atoms with Crippen LogP contribution in [0, 0.1) is 12.7 Å². The maximum absolute atomic E-state index is 14.0. The van der Waals surface area contributed by atoms with Gasteiger partial charge in [-0.2, -0.15) is 0 Å². The molecule has 0 saturated carbocycles. The van der Waals surface area contributed by atoms with Crippen LogP contribution in [-0.4, -0.2) is 6.54 Å². The number of likely N-dealkylation sites (N-methyl/N-ethyl adjacent to an activating group) is 1. The lowest BCUT2D eigenvalue weighted by Gasteiger charge is -2.21. The molecule has 21 heavy (non-hydrogen) atoms. The highest BCUT2D eigenvalue weighted by molar-refractivity contribution is 6.31. The zero-order chi connectivity index (χ0) is 15.4. The highest BCUT2D eigenvalue weighted by atomic mass is 35.5. The SMILES string of the molecule is CCNC(Cc1c(F)cccc1Cl)c1cc(Cl)ccc1C. The summed E-state index contributed by atoms with van der Waals surface area (Å²) < 4.78 is 14.0. The van der Waals surface area contributed by atoms with Gasteiger partial charge in [-0.3, -0.25) is 0 Å². The van der Waals surface area contributed by atoms with Gasteiger partial charge in [0, 0.05) is 21.7 Å². The summed E-state index contributed by atoms with van der Waals surface area (Å²) in [5, 5.41) is 4.52. The zero-order valence-corrected chi connectivity index (χ0v) is 13.6. The molecule has 1 unspecified atom stereocenters. The molecule has 2 rings (SSSR count). The molecule has 0 aliphatic carbocycles. The van der Waals surface area contributed by atoms with Crippen LogP contribution in [0.3, 0.4) is 0 Å². The van der Waals surface area contributed by atoms with E-state index in [0.29, 0.717) is 22.0 Å². The summed E-state index contributed by atoms with van der Waals surface area (Å²) in [6.07, 6.45) is 0.487. The first-order chi connectivity index (χ1) is 10.0. The number of hydrogen-bond acceptors (Lipinski definition) is 1. The van der Waals surface area contributed by atoms with Crippen molar-refractivity contribution in [1.82, 2.24) is 5.32 Å². The van der Waals surface area contributed by atoms with Crippen LogP contribution >= 0.6 is 23.2 Å². The quantitative estimate of drug-likeness (QED) is 0.782. The van der Waals surface area contributed by atoms with Gasteiger partial charge in [-0.05, 0) is 55.3 Å². The second-order valence-corrected chi connectivity index (χ2v) is 5.86. The van der Waals surface area contributed by atoms with Crippen LogP contribution in [0.5, 0.6) is 0 Å². The first kappa shape index (κ1) is 16.3. The topological polar surface area (TPSA) is 12.0 Å². The molecule has 0 heterocycles. The van der Waals surface area contributed by atoms with Crippen LogP contribution in [0.2, 0.25) is 10.0 Å². The van der Waals surface area contributed by atoms with Crippen molar-refractivity contribution in [3.63, 3.8) is 0 Å². The fourth-order valence-corrected chi connectivity index (χ4v) is 2.88. The fraction of sp³-hybridized carbons (Fsp3) is 0.294. The van der Waals surface area contributed by atoms with Gasteiger partial charge in [0.15, 0.2) is 0 Å². The van der Waals surface area contributed by atoms with Crippen LogP contribution in [0.4, 0.5) is 4.39 Å². The van der Waals surface area contributed by atoms with Crippen molar-refractivity contribution >= 4 is 23.2 Å². The summed E-state index contributed by atoms with van der Waals surface area (Å²) >= 11 is 12.2. The molecule has 0 saturated heterocycles. The van der Waals surface area contributed by atoms with Gasteiger partial charge in [0.2, 0.25) is 0 Å². The third kappa shape index (κ3) is 3.97. The Morgan fingerprint density at radius 2 is 1.95 bits per heavy atom. The van der Waals surface area contributed by atoms with E-state index in [1.54, 1.807) is 12.1 Å². The average molecular weight is 326 g/mol. The number of aryl methyl sites for hydroxylation is 1. The Balaban J connectivity index is 2.38. The predicted molar refractivity (Wildman–Crippen MR) is 87.7 cm³/mol. The molecule has 0 spiro atoms. The molecule has 0 bridgehead atoms. The number of nitrogens with one attached hydrogen (secondary N) is 1.